The zero-order valence-electron chi connectivity index (χ0n) is 12.9. The molecule has 0 aliphatic carbocycles. The maximum atomic E-state index is 12.5. The third-order valence-electron chi connectivity index (χ3n) is 3.78. The number of rotatable bonds is 5. The normalized spacial score (nSPS) is 21.0. The number of carbonyl (C=O) groups is 1. The molecule has 21 heavy (non-hydrogen) atoms. The van der Waals surface area contributed by atoms with Crippen molar-refractivity contribution in [2.24, 2.45) is 5.92 Å². The van der Waals surface area contributed by atoms with Crippen molar-refractivity contribution < 1.29 is 19.0 Å². The fourth-order valence-electron chi connectivity index (χ4n) is 2.53. The van der Waals surface area contributed by atoms with Crippen molar-refractivity contribution in [3.05, 3.63) is 17.7 Å². The van der Waals surface area contributed by atoms with Gasteiger partial charge in [-0.2, -0.15) is 0 Å². The Kier molecular flexibility index (Phi) is 4.90. The molecule has 0 aromatic heterocycles. The maximum Gasteiger partial charge on any atom is 0.255 e. The molecular formula is C15H22N2O4. The molecule has 1 fully saturated rings. The van der Waals surface area contributed by atoms with Gasteiger partial charge in [-0.3, -0.25) is 4.79 Å². The van der Waals surface area contributed by atoms with Crippen LogP contribution in [0.25, 0.3) is 0 Å². The lowest BCUT2D eigenvalue weighted by Crippen LogP contribution is -2.39. The van der Waals surface area contributed by atoms with Crippen molar-refractivity contribution in [2.75, 3.05) is 34.4 Å². The van der Waals surface area contributed by atoms with Crippen LogP contribution in [0.15, 0.2) is 12.1 Å². The summed E-state index contributed by atoms with van der Waals surface area (Å²) < 4.78 is 15.9. The predicted molar refractivity (Wildman–Crippen MR) is 79.4 cm³/mol. The molecule has 2 N–H and O–H groups in total. The Balaban J connectivity index is 2.28. The van der Waals surface area contributed by atoms with Crippen LogP contribution in [0.3, 0.4) is 0 Å². The number of ether oxygens (including phenoxy) is 3. The minimum atomic E-state index is -0.173. The van der Waals surface area contributed by atoms with Crippen molar-refractivity contribution in [3.63, 3.8) is 0 Å². The van der Waals surface area contributed by atoms with Gasteiger partial charge in [0.25, 0.3) is 5.91 Å². The van der Waals surface area contributed by atoms with Gasteiger partial charge in [0.2, 0.25) is 5.75 Å². The molecule has 0 bridgehead atoms. The van der Waals surface area contributed by atoms with Crippen molar-refractivity contribution in [1.29, 1.82) is 0 Å². The average molecular weight is 294 g/mol. The number of methoxy groups -OCH3 is 3. The Bertz CT molecular complexity index is 519. The second-order valence-electron chi connectivity index (χ2n) is 5.10. The molecule has 1 amide bonds. The first kappa shape index (κ1) is 15.4. The topological polar surface area (TPSA) is 68.8 Å². The summed E-state index contributed by atoms with van der Waals surface area (Å²) in [6, 6.07) is 3.50. The number of hydrogen-bond acceptors (Lipinski definition) is 5. The number of amides is 1. The third-order valence-corrected chi connectivity index (χ3v) is 3.78. The van der Waals surface area contributed by atoms with E-state index in [1.807, 2.05) is 0 Å². The molecule has 2 rings (SSSR count). The van der Waals surface area contributed by atoms with Gasteiger partial charge in [-0.25, -0.2) is 0 Å². The molecule has 2 unspecified atom stereocenters. The predicted octanol–water partition coefficient (Wildman–Crippen LogP) is 1.05. The van der Waals surface area contributed by atoms with Crippen molar-refractivity contribution in [1.82, 2.24) is 10.6 Å². The molecule has 0 radical (unpaired) electrons. The van der Waals surface area contributed by atoms with Crippen molar-refractivity contribution in [2.45, 2.75) is 13.0 Å². The van der Waals surface area contributed by atoms with Crippen molar-refractivity contribution >= 4 is 5.91 Å². The fraction of sp³-hybridized carbons (Fsp3) is 0.533. The van der Waals surface area contributed by atoms with E-state index in [2.05, 4.69) is 17.6 Å². The third kappa shape index (κ3) is 3.05. The average Bonchev–Trinajstić information content (AvgIpc) is 2.90. The van der Waals surface area contributed by atoms with Crippen LogP contribution < -0.4 is 24.8 Å². The molecular weight excluding hydrogens is 272 g/mol. The van der Waals surface area contributed by atoms with Crippen LogP contribution in [0.4, 0.5) is 0 Å². The summed E-state index contributed by atoms with van der Waals surface area (Å²) in [7, 11) is 4.57. The van der Waals surface area contributed by atoms with E-state index in [-0.39, 0.29) is 11.9 Å². The second kappa shape index (κ2) is 6.67. The highest BCUT2D eigenvalue weighted by Gasteiger charge is 2.27. The molecule has 6 nitrogen and oxygen atoms in total. The number of hydrogen-bond donors (Lipinski definition) is 2. The number of benzene rings is 1. The highest BCUT2D eigenvalue weighted by molar-refractivity contribution is 5.98. The second-order valence-corrected chi connectivity index (χ2v) is 5.10. The summed E-state index contributed by atoms with van der Waals surface area (Å²) in [5.41, 5.74) is 0.439. The largest absolute Gasteiger partial charge is 0.493 e. The Labute approximate surface area is 124 Å². The van der Waals surface area contributed by atoms with E-state index < -0.39 is 0 Å². The number of nitrogens with one attached hydrogen (secondary N) is 2. The summed E-state index contributed by atoms with van der Waals surface area (Å²) in [6.45, 7) is 3.80. The van der Waals surface area contributed by atoms with E-state index in [4.69, 9.17) is 14.2 Å². The molecule has 1 aliphatic heterocycles. The smallest absolute Gasteiger partial charge is 0.255 e. The highest BCUT2D eigenvalue weighted by Crippen LogP contribution is 2.39. The van der Waals surface area contributed by atoms with Crippen LogP contribution in [0, 0.1) is 5.92 Å². The Morgan fingerprint density at radius 3 is 2.38 bits per heavy atom. The standard InChI is InChI=1S/C15H22N2O4/c1-9-7-16-8-11(9)17-15(18)10-5-6-12(19-2)14(21-4)13(10)20-3/h5-6,9,11,16H,7-8H2,1-4H3,(H,17,18). The Morgan fingerprint density at radius 1 is 1.14 bits per heavy atom. The lowest BCUT2D eigenvalue weighted by atomic mass is 10.1. The van der Waals surface area contributed by atoms with Gasteiger partial charge < -0.3 is 24.8 Å². The van der Waals surface area contributed by atoms with Gasteiger partial charge in [-0.05, 0) is 24.6 Å². The van der Waals surface area contributed by atoms with E-state index >= 15 is 0 Å². The first-order valence-electron chi connectivity index (χ1n) is 6.92. The summed E-state index contributed by atoms with van der Waals surface area (Å²) in [5, 5.41) is 6.29. The van der Waals surface area contributed by atoms with E-state index in [1.165, 1.54) is 14.2 Å². The van der Waals surface area contributed by atoms with E-state index in [0.717, 1.165) is 13.1 Å². The Morgan fingerprint density at radius 2 is 1.86 bits per heavy atom. The van der Waals surface area contributed by atoms with Crippen LogP contribution in [0.1, 0.15) is 17.3 Å². The van der Waals surface area contributed by atoms with E-state index in [0.29, 0.717) is 28.7 Å². The molecule has 1 aliphatic rings. The van der Waals surface area contributed by atoms with Gasteiger partial charge in [-0.15, -0.1) is 0 Å². The van der Waals surface area contributed by atoms with Crippen molar-refractivity contribution in [3.8, 4) is 17.2 Å². The molecule has 1 heterocycles. The SMILES string of the molecule is COc1ccc(C(=O)NC2CNCC2C)c(OC)c1OC. The maximum absolute atomic E-state index is 12.5. The molecule has 1 aromatic carbocycles. The lowest BCUT2D eigenvalue weighted by Gasteiger charge is -2.19. The minimum absolute atomic E-state index is 0.121. The van der Waals surface area contributed by atoms with Crippen LogP contribution in [-0.4, -0.2) is 46.4 Å². The summed E-state index contributed by atoms with van der Waals surface area (Å²) >= 11 is 0. The van der Waals surface area contributed by atoms with Gasteiger partial charge in [0, 0.05) is 12.6 Å². The lowest BCUT2D eigenvalue weighted by molar-refractivity contribution is 0.0929. The van der Waals surface area contributed by atoms with Gasteiger partial charge >= 0.3 is 0 Å². The highest BCUT2D eigenvalue weighted by atomic mass is 16.5. The van der Waals surface area contributed by atoms with Crippen LogP contribution in [-0.2, 0) is 0 Å². The van der Waals surface area contributed by atoms with Gasteiger partial charge in [-0.1, -0.05) is 6.92 Å². The van der Waals surface area contributed by atoms with Crippen LogP contribution in [0.5, 0.6) is 17.2 Å². The Hall–Kier alpha value is -1.95. The molecule has 1 saturated heterocycles. The molecule has 2 atom stereocenters. The van der Waals surface area contributed by atoms with Gasteiger partial charge in [0.1, 0.15) is 0 Å². The monoisotopic (exact) mass is 294 g/mol. The molecule has 6 heteroatoms. The van der Waals surface area contributed by atoms with Gasteiger partial charge in [0.15, 0.2) is 11.5 Å². The van der Waals surface area contributed by atoms with Gasteiger partial charge in [0.05, 0.1) is 26.9 Å². The first-order chi connectivity index (χ1) is 10.1. The van der Waals surface area contributed by atoms with Crippen LogP contribution in [0.2, 0.25) is 0 Å². The summed E-state index contributed by atoms with van der Waals surface area (Å²) in [6.07, 6.45) is 0. The summed E-state index contributed by atoms with van der Waals surface area (Å²) in [4.78, 5) is 12.5. The van der Waals surface area contributed by atoms with E-state index in [9.17, 15) is 4.79 Å². The fourth-order valence-corrected chi connectivity index (χ4v) is 2.53. The molecule has 1 aromatic rings. The minimum Gasteiger partial charge on any atom is -0.493 e. The van der Waals surface area contributed by atoms with Crippen LogP contribution >= 0.6 is 0 Å². The zero-order chi connectivity index (χ0) is 15.4. The summed E-state index contributed by atoms with van der Waals surface area (Å²) in [5.74, 6) is 1.56. The number of carbonyl (C=O) groups excluding carboxylic acids is 1. The molecule has 0 saturated carbocycles. The van der Waals surface area contributed by atoms with E-state index in [1.54, 1.807) is 19.2 Å². The zero-order valence-corrected chi connectivity index (χ0v) is 12.9. The first-order valence-corrected chi connectivity index (χ1v) is 6.92. The molecule has 0 spiro atoms. The molecule has 116 valence electrons. The quantitative estimate of drug-likeness (QED) is 0.849.